The molecule has 0 atom stereocenters. The summed E-state index contributed by atoms with van der Waals surface area (Å²) in [4.78, 5) is 29.5. The summed E-state index contributed by atoms with van der Waals surface area (Å²) in [7, 11) is 0. The van der Waals surface area contributed by atoms with Crippen LogP contribution in [-0.2, 0) is 4.79 Å². The van der Waals surface area contributed by atoms with E-state index in [1.165, 1.54) is 12.3 Å². The van der Waals surface area contributed by atoms with Gasteiger partial charge in [-0.15, -0.1) is 0 Å². The molecule has 15 heavy (non-hydrogen) atoms. The Morgan fingerprint density at radius 3 is 2.73 bits per heavy atom. The number of nitrogens with zero attached hydrogens (tertiary/aromatic N) is 2. The molecule has 1 aliphatic heterocycles. The number of carbonyl (C=O) groups excluding carboxylic acids is 2. The van der Waals surface area contributed by atoms with Gasteiger partial charge in [0.05, 0.1) is 5.69 Å². The Bertz CT molecular complexity index is 468. The molecule has 3 amide bonds. The summed E-state index contributed by atoms with van der Waals surface area (Å²) < 4.78 is 0. The number of aromatic nitrogens is 2. The van der Waals surface area contributed by atoms with Crippen molar-refractivity contribution in [3.8, 4) is 0 Å². The Labute approximate surface area is 84.4 Å². The van der Waals surface area contributed by atoms with Gasteiger partial charge in [0, 0.05) is 6.20 Å². The van der Waals surface area contributed by atoms with E-state index in [1.54, 1.807) is 6.07 Å². The molecular weight excluding hydrogens is 198 g/mol. The van der Waals surface area contributed by atoms with Crippen LogP contribution in [0, 0.1) is 0 Å². The number of urea groups is 1. The molecule has 0 radical (unpaired) electrons. The largest absolute Gasteiger partial charge is 0.368 e. The van der Waals surface area contributed by atoms with Crippen molar-refractivity contribution in [2.24, 2.45) is 0 Å². The lowest BCUT2D eigenvalue weighted by atomic mass is 10.3. The van der Waals surface area contributed by atoms with Crippen LogP contribution in [-0.4, -0.2) is 21.9 Å². The highest BCUT2D eigenvalue weighted by Gasteiger charge is 2.22. The van der Waals surface area contributed by atoms with Gasteiger partial charge in [0.25, 0.3) is 5.91 Å². The molecule has 1 aromatic heterocycles. The molecule has 7 heteroatoms. The molecule has 76 valence electrons. The van der Waals surface area contributed by atoms with Gasteiger partial charge in [-0.05, 0) is 12.1 Å². The molecule has 1 aromatic rings. The van der Waals surface area contributed by atoms with E-state index >= 15 is 0 Å². The normalized spacial score (nSPS) is 17.7. The first-order valence-corrected chi connectivity index (χ1v) is 4.08. The minimum Gasteiger partial charge on any atom is -0.368 e. The zero-order valence-electron chi connectivity index (χ0n) is 7.52. The van der Waals surface area contributed by atoms with Crippen LogP contribution in [0.4, 0.5) is 10.7 Å². The number of hydrogen-bond acceptors (Lipinski definition) is 5. The van der Waals surface area contributed by atoms with E-state index in [9.17, 15) is 9.59 Å². The van der Waals surface area contributed by atoms with E-state index in [0.29, 0.717) is 5.69 Å². The Hall–Kier alpha value is -2.44. The van der Waals surface area contributed by atoms with E-state index < -0.39 is 11.9 Å². The van der Waals surface area contributed by atoms with Gasteiger partial charge in [-0.25, -0.2) is 14.8 Å². The first kappa shape index (κ1) is 9.13. The summed E-state index contributed by atoms with van der Waals surface area (Å²) in [6.45, 7) is 0. The number of carbonyl (C=O) groups is 2. The van der Waals surface area contributed by atoms with Crippen LogP contribution in [0.2, 0.25) is 0 Å². The molecule has 7 nitrogen and oxygen atoms in total. The standard InChI is InChI=1S/C8H7N5O2/c9-7-10-2-1-4(11-7)3-5-6(14)13-8(15)12-5/h1-3H,(H2,9,10,11)(H2,12,13,14,15)/b5-3-. The minimum absolute atomic E-state index is 0.106. The van der Waals surface area contributed by atoms with Crippen molar-refractivity contribution in [1.29, 1.82) is 0 Å². The SMILES string of the molecule is Nc1nccc(/C=C2\NC(=O)NC2=O)n1. The summed E-state index contributed by atoms with van der Waals surface area (Å²) in [5.74, 6) is -0.383. The lowest BCUT2D eigenvalue weighted by molar-refractivity contribution is -0.115. The van der Waals surface area contributed by atoms with Gasteiger partial charge >= 0.3 is 6.03 Å². The topological polar surface area (TPSA) is 110 Å². The Balaban J connectivity index is 2.31. The third kappa shape index (κ3) is 1.90. The van der Waals surface area contributed by atoms with Gasteiger partial charge in [-0.3, -0.25) is 10.1 Å². The van der Waals surface area contributed by atoms with Crippen molar-refractivity contribution in [2.45, 2.75) is 0 Å². The second kappa shape index (κ2) is 3.37. The Morgan fingerprint density at radius 2 is 2.13 bits per heavy atom. The van der Waals surface area contributed by atoms with E-state index in [-0.39, 0.29) is 11.6 Å². The molecule has 0 saturated carbocycles. The van der Waals surface area contributed by atoms with Gasteiger partial charge in [-0.2, -0.15) is 0 Å². The molecule has 0 spiro atoms. The third-order valence-electron chi connectivity index (χ3n) is 1.71. The fourth-order valence-electron chi connectivity index (χ4n) is 1.10. The number of nitrogens with one attached hydrogen (secondary N) is 2. The smallest absolute Gasteiger partial charge is 0.326 e. The maximum absolute atomic E-state index is 11.1. The predicted molar refractivity (Wildman–Crippen MR) is 51.1 cm³/mol. The fourth-order valence-corrected chi connectivity index (χ4v) is 1.10. The first-order chi connectivity index (χ1) is 7.15. The average molecular weight is 205 g/mol. The number of nitrogen functional groups attached to an aromatic ring is 1. The number of imide groups is 1. The van der Waals surface area contributed by atoms with Crippen molar-refractivity contribution in [3.63, 3.8) is 0 Å². The molecule has 0 aliphatic carbocycles. The molecule has 0 bridgehead atoms. The maximum atomic E-state index is 11.1. The number of anilines is 1. The summed E-state index contributed by atoms with van der Waals surface area (Å²) in [5.41, 5.74) is 5.95. The highest BCUT2D eigenvalue weighted by molar-refractivity contribution is 6.13. The molecule has 4 N–H and O–H groups in total. The van der Waals surface area contributed by atoms with Crippen LogP contribution in [0.5, 0.6) is 0 Å². The number of hydrogen-bond donors (Lipinski definition) is 3. The highest BCUT2D eigenvalue weighted by atomic mass is 16.2. The molecule has 1 saturated heterocycles. The summed E-state index contributed by atoms with van der Waals surface area (Å²) in [6, 6.07) is 1.02. The summed E-state index contributed by atoms with van der Waals surface area (Å²) in [5, 5.41) is 4.40. The van der Waals surface area contributed by atoms with Crippen molar-refractivity contribution in [1.82, 2.24) is 20.6 Å². The van der Waals surface area contributed by atoms with Crippen LogP contribution in [0.15, 0.2) is 18.0 Å². The molecule has 0 unspecified atom stereocenters. The van der Waals surface area contributed by atoms with Crippen molar-refractivity contribution >= 4 is 24.0 Å². The number of amides is 3. The quantitative estimate of drug-likeness (QED) is 0.412. The van der Waals surface area contributed by atoms with Gasteiger partial charge < -0.3 is 11.1 Å². The van der Waals surface area contributed by atoms with Gasteiger partial charge in [0.1, 0.15) is 5.70 Å². The molecule has 0 aromatic carbocycles. The average Bonchev–Trinajstić information content (AvgIpc) is 2.45. The van der Waals surface area contributed by atoms with Crippen molar-refractivity contribution in [2.75, 3.05) is 5.73 Å². The lowest BCUT2D eigenvalue weighted by Crippen LogP contribution is -2.22. The second-order valence-corrected chi connectivity index (χ2v) is 2.81. The maximum Gasteiger partial charge on any atom is 0.326 e. The summed E-state index contributed by atoms with van der Waals surface area (Å²) in [6.07, 6.45) is 2.88. The van der Waals surface area contributed by atoms with Gasteiger partial charge in [-0.1, -0.05) is 0 Å². The molecule has 2 heterocycles. The zero-order chi connectivity index (χ0) is 10.8. The highest BCUT2D eigenvalue weighted by Crippen LogP contribution is 2.05. The fraction of sp³-hybridized carbons (Fsp3) is 0. The van der Waals surface area contributed by atoms with Gasteiger partial charge in [0.15, 0.2) is 0 Å². The predicted octanol–water partition coefficient (Wildman–Crippen LogP) is -0.761. The minimum atomic E-state index is -0.548. The zero-order valence-corrected chi connectivity index (χ0v) is 7.52. The number of nitrogens with two attached hydrogens (primary N) is 1. The molecule has 1 fully saturated rings. The van der Waals surface area contributed by atoms with E-state index in [1.807, 2.05) is 0 Å². The first-order valence-electron chi connectivity index (χ1n) is 4.08. The number of rotatable bonds is 1. The molecular formula is C8H7N5O2. The van der Waals surface area contributed by atoms with E-state index in [0.717, 1.165) is 0 Å². The van der Waals surface area contributed by atoms with Crippen molar-refractivity contribution in [3.05, 3.63) is 23.7 Å². The third-order valence-corrected chi connectivity index (χ3v) is 1.71. The molecule has 1 aliphatic rings. The van der Waals surface area contributed by atoms with Crippen LogP contribution in [0.25, 0.3) is 6.08 Å². The Kier molecular flexibility index (Phi) is 2.05. The van der Waals surface area contributed by atoms with Crippen molar-refractivity contribution < 1.29 is 9.59 Å². The lowest BCUT2D eigenvalue weighted by Gasteiger charge is -1.95. The summed E-state index contributed by atoms with van der Waals surface area (Å²) >= 11 is 0. The van der Waals surface area contributed by atoms with Crippen LogP contribution < -0.4 is 16.4 Å². The van der Waals surface area contributed by atoms with Crippen LogP contribution in [0.1, 0.15) is 5.69 Å². The monoisotopic (exact) mass is 205 g/mol. The van der Waals surface area contributed by atoms with Gasteiger partial charge in [0.2, 0.25) is 5.95 Å². The van der Waals surface area contributed by atoms with Crippen LogP contribution in [0.3, 0.4) is 0 Å². The van der Waals surface area contributed by atoms with E-state index in [2.05, 4.69) is 20.6 Å². The second-order valence-electron chi connectivity index (χ2n) is 2.81. The molecule has 2 rings (SSSR count). The van der Waals surface area contributed by atoms with E-state index in [4.69, 9.17) is 5.73 Å². The van der Waals surface area contributed by atoms with Crippen LogP contribution >= 0.6 is 0 Å². The Morgan fingerprint density at radius 1 is 1.33 bits per heavy atom.